The molecule has 1 aromatic heterocycles. The second kappa shape index (κ2) is 11.9. The minimum absolute atomic E-state index is 0.179. The highest BCUT2D eigenvalue weighted by molar-refractivity contribution is 9.10. The zero-order valence-corrected chi connectivity index (χ0v) is 21.9. The van der Waals surface area contributed by atoms with Crippen molar-refractivity contribution in [1.82, 2.24) is 20.2 Å². The second-order valence-electron chi connectivity index (χ2n) is 7.94. The molecule has 0 radical (unpaired) electrons. The zero-order chi connectivity index (χ0) is 23.9. The predicted octanol–water partition coefficient (Wildman–Crippen LogP) is 6.12. The molecule has 0 spiro atoms. The Balaban J connectivity index is 1.45. The molecule has 0 saturated heterocycles. The number of benzene rings is 2. The van der Waals surface area contributed by atoms with E-state index in [0.29, 0.717) is 16.8 Å². The SMILES string of the molecule is COc1ccc(Br)cc1/C=N/NC(=O)CSc1nnc(-c2ccc(Cl)cc2)n1C1CCCCC1. The van der Waals surface area contributed by atoms with Gasteiger partial charge in [-0.2, -0.15) is 5.10 Å². The Bertz CT molecular complexity index is 1160. The third-order valence-corrected chi connectivity index (χ3v) is 7.31. The summed E-state index contributed by atoms with van der Waals surface area (Å²) < 4.78 is 8.41. The molecule has 3 aromatic rings. The number of methoxy groups -OCH3 is 1. The van der Waals surface area contributed by atoms with Gasteiger partial charge in [-0.3, -0.25) is 9.36 Å². The van der Waals surface area contributed by atoms with Gasteiger partial charge < -0.3 is 4.74 Å². The summed E-state index contributed by atoms with van der Waals surface area (Å²) in [7, 11) is 1.59. The Morgan fingerprint density at radius 1 is 1.24 bits per heavy atom. The third kappa shape index (κ3) is 6.20. The normalized spacial score (nSPS) is 14.4. The van der Waals surface area contributed by atoms with Crippen LogP contribution in [0.1, 0.15) is 43.7 Å². The first-order chi connectivity index (χ1) is 16.5. The van der Waals surface area contributed by atoms with Crippen molar-refractivity contribution < 1.29 is 9.53 Å². The third-order valence-electron chi connectivity index (χ3n) is 5.62. The van der Waals surface area contributed by atoms with E-state index < -0.39 is 0 Å². The Morgan fingerprint density at radius 3 is 2.74 bits per heavy atom. The number of nitrogens with one attached hydrogen (secondary N) is 1. The lowest BCUT2D eigenvalue weighted by Gasteiger charge is -2.25. The largest absolute Gasteiger partial charge is 0.496 e. The molecule has 1 amide bonds. The molecule has 178 valence electrons. The number of carbonyl (C=O) groups is 1. The smallest absolute Gasteiger partial charge is 0.250 e. The molecule has 10 heteroatoms. The van der Waals surface area contributed by atoms with E-state index in [1.165, 1.54) is 31.0 Å². The number of carbonyl (C=O) groups excluding carboxylic acids is 1. The van der Waals surface area contributed by atoms with Crippen LogP contribution in [0.2, 0.25) is 5.02 Å². The molecule has 0 unspecified atom stereocenters. The van der Waals surface area contributed by atoms with E-state index in [-0.39, 0.29) is 11.7 Å². The van der Waals surface area contributed by atoms with E-state index in [1.54, 1.807) is 13.3 Å². The first-order valence-corrected chi connectivity index (χ1v) is 13.2. The average Bonchev–Trinajstić information content (AvgIpc) is 3.28. The number of ether oxygens (including phenoxy) is 1. The summed E-state index contributed by atoms with van der Waals surface area (Å²) in [6.07, 6.45) is 7.34. The number of halogens is 2. The van der Waals surface area contributed by atoms with Crippen LogP contribution in [0.15, 0.2) is 57.2 Å². The fraction of sp³-hybridized carbons (Fsp3) is 0.333. The summed E-state index contributed by atoms with van der Waals surface area (Å²) in [5.74, 6) is 1.44. The van der Waals surface area contributed by atoms with Crippen molar-refractivity contribution in [3.05, 3.63) is 57.5 Å². The average molecular weight is 563 g/mol. The molecule has 34 heavy (non-hydrogen) atoms. The topological polar surface area (TPSA) is 81.4 Å². The van der Waals surface area contributed by atoms with E-state index in [0.717, 1.165) is 39.4 Å². The fourth-order valence-electron chi connectivity index (χ4n) is 3.98. The fourth-order valence-corrected chi connectivity index (χ4v) is 5.28. The molecule has 1 aliphatic carbocycles. The van der Waals surface area contributed by atoms with E-state index in [1.807, 2.05) is 42.5 Å². The first-order valence-electron chi connectivity index (χ1n) is 11.0. The van der Waals surface area contributed by atoms with Crippen LogP contribution in [0.4, 0.5) is 0 Å². The number of hydrazone groups is 1. The van der Waals surface area contributed by atoms with Crippen LogP contribution in [0, 0.1) is 0 Å². The maximum absolute atomic E-state index is 12.5. The number of nitrogens with zero attached hydrogens (tertiary/aromatic N) is 4. The molecular weight excluding hydrogens is 538 g/mol. The highest BCUT2D eigenvalue weighted by atomic mass is 79.9. The highest BCUT2D eigenvalue weighted by Gasteiger charge is 2.24. The van der Waals surface area contributed by atoms with Gasteiger partial charge in [0.1, 0.15) is 5.75 Å². The maximum Gasteiger partial charge on any atom is 0.250 e. The van der Waals surface area contributed by atoms with Crippen LogP contribution in [0.5, 0.6) is 5.75 Å². The molecule has 2 aromatic carbocycles. The van der Waals surface area contributed by atoms with Gasteiger partial charge in [0.05, 0.1) is 19.1 Å². The number of hydrogen-bond donors (Lipinski definition) is 1. The standard InChI is InChI=1S/C24H25BrClN5O2S/c1-33-21-12-9-18(25)13-17(21)14-27-28-22(32)15-34-24-30-29-23(16-7-10-19(26)11-8-16)31(24)20-5-3-2-4-6-20/h7-14,20H,2-6,15H2,1H3,(H,28,32)/b27-14+. The monoisotopic (exact) mass is 561 g/mol. The number of amides is 1. The van der Waals surface area contributed by atoms with Gasteiger partial charge in [0.25, 0.3) is 5.91 Å². The van der Waals surface area contributed by atoms with Crippen LogP contribution in [-0.2, 0) is 4.79 Å². The van der Waals surface area contributed by atoms with Crippen molar-refractivity contribution in [2.75, 3.05) is 12.9 Å². The lowest BCUT2D eigenvalue weighted by atomic mass is 9.95. The quantitative estimate of drug-likeness (QED) is 0.203. The number of rotatable bonds is 8. The zero-order valence-electron chi connectivity index (χ0n) is 18.7. The van der Waals surface area contributed by atoms with Crippen LogP contribution in [-0.4, -0.2) is 39.7 Å². The second-order valence-corrected chi connectivity index (χ2v) is 10.2. The molecule has 0 atom stereocenters. The van der Waals surface area contributed by atoms with Gasteiger partial charge in [0, 0.05) is 26.7 Å². The Morgan fingerprint density at radius 2 is 2.00 bits per heavy atom. The van der Waals surface area contributed by atoms with Crippen molar-refractivity contribution in [3.63, 3.8) is 0 Å². The van der Waals surface area contributed by atoms with E-state index in [2.05, 4.69) is 41.2 Å². The summed E-state index contributed by atoms with van der Waals surface area (Å²) in [6.45, 7) is 0. The molecule has 4 rings (SSSR count). The lowest BCUT2D eigenvalue weighted by Crippen LogP contribution is -2.20. The van der Waals surface area contributed by atoms with Crippen molar-refractivity contribution in [2.24, 2.45) is 5.10 Å². The molecule has 0 aliphatic heterocycles. The number of hydrogen-bond acceptors (Lipinski definition) is 6. The minimum atomic E-state index is -0.221. The number of thioether (sulfide) groups is 1. The lowest BCUT2D eigenvalue weighted by molar-refractivity contribution is -0.118. The van der Waals surface area contributed by atoms with Crippen LogP contribution in [0.25, 0.3) is 11.4 Å². The van der Waals surface area contributed by atoms with Crippen molar-refractivity contribution in [1.29, 1.82) is 0 Å². The van der Waals surface area contributed by atoms with Gasteiger partial charge in [-0.15, -0.1) is 10.2 Å². The Kier molecular flexibility index (Phi) is 8.64. The molecule has 0 bridgehead atoms. The van der Waals surface area contributed by atoms with Gasteiger partial charge in [-0.1, -0.05) is 58.6 Å². The molecule has 1 aliphatic rings. The summed E-state index contributed by atoms with van der Waals surface area (Å²) in [5, 5.41) is 14.4. The predicted molar refractivity (Wildman–Crippen MR) is 140 cm³/mol. The molecule has 1 N–H and O–H groups in total. The summed E-state index contributed by atoms with van der Waals surface area (Å²) in [4.78, 5) is 12.5. The Labute approximate surface area is 216 Å². The molecule has 1 saturated carbocycles. The summed E-state index contributed by atoms with van der Waals surface area (Å²) in [5.41, 5.74) is 4.31. The Hall–Kier alpha value is -2.36. The van der Waals surface area contributed by atoms with E-state index in [9.17, 15) is 4.79 Å². The van der Waals surface area contributed by atoms with E-state index >= 15 is 0 Å². The van der Waals surface area contributed by atoms with Crippen molar-refractivity contribution in [3.8, 4) is 17.1 Å². The molecule has 7 nitrogen and oxygen atoms in total. The van der Waals surface area contributed by atoms with Gasteiger partial charge in [-0.25, -0.2) is 5.43 Å². The van der Waals surface area contributed by atoms with Gasteiger partial charge in [-0.05, 0) is 55.3 Å². The van der Waals surface area contributed by atoms with Gasteiger partial charge in [0.2, 0.25) is 0 Å². The summed E-state index contributed by atoms with van der Waals surface area (Å²) in [6, 6.07) is 13.5. The van der Waals surface area contributed by atoms with Crippen molar-refractivity contribution >= 4 is 51.4 Å². The molecule has 1 heterocycles. The van der Waals surface area contributed by atoms with Crippen molar-refractivity contribution in [2.45, 2.75) is 43.3 Å². The van der Waals surface area contributed by atoms with Crippen LogP contribution < -0.4 is 10.2 Å². The molecule has 1 fully saturated rings. The summed E-state index contributed by atoms with van der Waals surface area (Å²) >= 11 is 10.9. The van der Waals surface area contributed by atoms with Crippen LogP contribution in [0.3, 0.4) is 0 Å². The maximum atomic E-state index is 12.5. The minimum Gasteiger partial charge on any atom is -0.496 e. The first kappa shape index (κ1) is 24.8. The highest BCUT2D eigenvalue weighted by Crippen LogP contribution is 2.35. The van der Waals surface area contributed by atoms with Gasteiger partial charge in [0.15, 0.2) is 11.0 Å². The van der Waals surface area contributed by atoms with Gasteiger partial charge >= 0.3 is 0 Å². The number of aromatic nitrogens is 3. The molecular formula is C24H25BrClN5O2S. The van der Waals surface area contributed by atoms with Crippen LogP contribution >= 0.6 is 39.3 Å². The van der Waals surface area contributed by atoms with E-state index in [4.69, 9.17) is 16.3 Å².